The summed E-state index contributed by atoms with van der Waals surface area (Å²) < 4.78 is 0. The molecule has 0 amide bonds. The van der Waals surface area contributed by atoms with E-state index in [1.54, 1.807) is 24.5 Å². The van der Waals surface area contributed by atoms with Crippen molar-refractivity contribution in [1.82, 2.24) is 9.97 Å². The Morgan fingerprint density at radius 3 is 2.69 bits per heavy atom. The highest BCUT2D eigenvalue weighted by molar-refractivity contribution is 6.01. The second-order valence-corrected chi connectivity index (χ2v) is 5.80. The van der Waals surface area contributed by atoms with Gasteiger partial charge in [0.1, 0.15) is 5.82 Å². The molecule has 2 aromatic heterocycles. The maximum Gasteiger partial charge on any atom is 0.259 e. The fourth-order valence-electron chi connectivity index (χ4n) is 2.94. The van der Waals surface area contributed by atoms with E-state index in [2.05, 4.69) is 21.4 Å². The normalized spacial score (nSPS) is 10.4. The van der Waals surface area contributed by atoms with Crippen LogP contribution in [0.5, 0.6) is 0 Å². The highest BCUT2D eigenvalue weighted by atomic mass is 16.1. The maximum absolute atomic E-state index is 12.5. The van der Waals surface area contributed by atoms with Crippen LogP contribution in [0.2, 0.25) is 0 Å². The molecule has 4 aromatic rings. The van der Waals surface area contributed by atoms with Gasteiger partial charge in [0.05, 0.1) is 17.0 Å². The van der Waals surface area contributed by atoms with E-state index >= 15 is 0 Å². The summed E-state index contributed by atoms with van der Waals surface area (Å²) in [5.41, 5.74) is 2.85. The topological polar surface area (TPSA) is 81.6 Å². The lowest BCUT2D eigenvalue weighted by Crippen LogP contribution is -2.09. The summed E-state index contributed by atoms with van der Waals surface area (Å²) in [4.78, 5) is 19.7. The van der Waals surface area contributed by atoms with Crippen LogP contribution in [-0.4, -0.2) is 9.97 Å². The van der Waals surface area contributed by atoms with Gasteiger partial charge in [-0.15, -0.1) is 0 Å². The van der Waals surface area contributed by atoms with Crippen molar-refractivity contribution >= 4 is 22.3 Å². The number of hydrogen-bond acceptors (Lipinski definition) is 4. The van der Waals surface area contributed by atoms with Gasteiger partial charge in [0, 0.05) is 29.0 Å². The molecule has 0 aliphatic carbocycles. The van der Waals surface area contributed by atoms with Crippen molar-refractivity contribution in [3.05, 3.63) is 89.0 Å². The van der Waals surface area contributed by atoms with Gasteiger partial charge in [-0.3, -0.25) is 4.79 Å². The molecule has 0 saturated heterocycles. The van der Waals surface area contributed by atoms with Crippen LogP contribution in [0.4, 0.5) is 11.5 Å². The number of nitriles is 1. The van der Waals surface area contributed by atoms with Gasteiger partial charge in [-0.05, 0) is 35.9 Å². The minimum absolute atomic E-state index is 0.216. The summed E-state index contributed by atoms with van der Waals surface area (Å²) in [7, 11) is 0. The van der Waals surface area contributed by atoms with Gasteiger partial charge in [0.15, 0.2) is 0 Å². The van der Waals surface area contributed by atoms with Gasteiger partial charge >= 0.3 is 0 Å². The number of anilines is 2. The van der Waals surface area contributed by atoms with Crippen LogP contribution in [0.1, 0.15) is 5.56 Å². The molecule has 0 radical (unpaired) electrons. The Morgan fingerprint density at radius 2 is 1.88 bits per heavy atom. The van der Waals surface area contributed by atoms with E-state index < -0.39 is 0 Å². The van der Waals surface area contributed by atoms with E-state index in [0.717, 1.165) is 22.2 Å². The number of H-pyrrole nitrogens is 1. The Labute approximate surface area is 149 Å². The van der Waals surface area contributed by atoms with E-state index in [-0.39, 0.29) is 5.56 Å². The van der Waals surface area contributed by atoms with Gasteiger partial charge in [-0.1, -0.05) is 30.3 Å². The quantitative estimate of drug-likeness (QED) is 0.586. The Kier molecular flexibility index (Phi) is 3.92. The first kappa shape index (κ1) is 15.6. The molecule has 2 heterocycles. The Morgan fingerprint density at radius 1 is 1.04 bits per heavy atom. The Balaban J connectivity index is 1.93. The zero-order valence-corrected chi connectivity index (χ0v) is 13.7. The molecular formula is C21H14N4O. The fraction of sp³-hybridized carbons (Fsp3) is 0. The largest absolute Gasteiger partial charge is 0.340 e. The fourth-order valence-corrected chi connectivity index (χ4v) is 2.94. The van der Waals surface area contributed by atoms with Crippen molar-refractivity contribution in [3.63, 3.8) is 0 Å². The zero-order valence-electron chi connectivity index (χ0n) is 13.7. The molecule has 2 aromatic carbocycles. The second-order valence-electron chi connectivity index (χ2n) is 5.80. The van der Waals surface area contributed by atoms with Crippen LogP contribution in [0.25, 0.3) is 21.9 Å². The second kappa shape index (κ2) is 6.54. The van der Waals surface area contributed by atoms with Crippen LogP contribution >= 0.6 is 0 Å². The van der Waals surface area contributed by atoms with Gasteiger partial charge in [0.2, 0.25) is 0 Å². The number of aromatic nitrogens is 2. The van der Waals surface area contributed by atoms with E-state index in [4.69, 9.17) is 5.26 Å². The van der Waals surface area contributed by atoms with Crippen molar-refractivity contribution in [2.75, 3.05) is 5.32 Å². The standard InChI is InChI=1S/C21H14N4O/c22-12-14-5-4-6-15(11-14)18-13-24-20(25-16-7-2-1-3-8-16)19-17(18)9-10-23-21(19)26/h1-11,13H,(H,23,26)(H,24,25). The number of aromatic amines is 1. The number of para-hydroxylation sites is 1. The number of hydrogen-bond donors (Lipinski definition) is 2. The first-order chi connectivity index (χ1) is 12.8. The van der Waals surface area contributed by atoms with Gasteiger partial charge in [-0.2, -0.15) is 5.26 Å². The molecular weight excluding hydrogens is 324 g/mol. The molecule has 0 aliphatic heterocycles. The summed E-state index contributed by atoms with van der Waals surface area (Å²) >= 11 is 0. The number of pyridine rings is 2. The molecule has 4 rings (SSSR count). The Bertz CT molecular complexity index is 1190. The first-order valence-corrected chi connectivity index (χ1v) is 8.09. The van der Waals surface area contributed by atoms with Crippen molar-refractivity contribution in [2.45, 2.75) is 0 Å². The van der Waals surface area contributed by atoms with Crippen molar-refractivity contribution in [1.29, 1.82) is 5.26 Å². The lowest BCUT2D eigenvalue weighted by atomic mass is 10.00. The third-order valence-corrected chi connectivity index (χ3v) is 4.15. The lowest BCUT2D eigenvalue weighted by molar-refractivity contribution is 1.25. The molecule has 26 heavy (non-hydrogen) atoms. The molecule has 0 spiro atoms. The van der Waals surface area contributed by atoms with Crippen LogP contribution in [0, 0.1) is 11.3 Å². The summed E-state index contributed by atoms with van der Waals surface area (Å²) in [6.45, 7) is 0. The number of nitrogens with one attached hydrogen (secondary N) is 2. The molecule has 0 fully saturated rings. The van der Waals surface area contributed by atoms with Crippen molar-refractivity contribution in [2.24, 2.45) is 0 Å². The third kappa shape index (κ3) is 2.80. The van der Waals surface area contributed by atoms with Gasteiger partial charge < -0.3 is 10.3 Å². The summed E-state index contributed by atoms with van der Waals surface area (Å²) in [5.74, 6) is 0.494. The highest BCUT2D eigenvalue weighted by Gasteiger charge is 2.13. The van der Waals surface area contributed by atoms with Crippen LogP contribution in [0.3, 0.4) is 0 Å². The molecule has 0 aliphatic rings. The van der Waals surface area contributed by atoms with Crippen molar-refractivity contribution < 1.29 is 0 Å². The number of nitrogens with zero attached hydrogens (tertiary/aromatic N) is 2. The zero-order chi connectivity index (χ0) is 17.9. The third-order valence-electron chi connectivity index (χ3n) is 4.15. The highest BCUT2D eigenvalue weighted by Crippen LogP contribution is 2.31. The molecule has 5 heteroatoms. The van der Waals surface area contributed by atoms with E-state index in [1.807, 2.05) is 48.5 Å². The summed E-state index contributed by atoms with van der Waals surface area (Å²) in [6.07, 6.45) is 3.35. The lowest BCUT2D eigenvalue weighted by Gasteiger charge is -2.12. The predicted molar refractivity (Wildman–Crippen MR) is 102 cm³/mol. The molecule has 5 nitrogen and oxygen atoms in total. The van der Waals surface area contributed by atoms with Gasteiger partial charge in [0.25, 0.3) is 5.56 Å². The Hall–Kier alpha value is -3.91. The monoisotopic (exact) mass is 338 g/mol. The molecule has 0 unspecified atom stereocenters. The van der Waals surface area contributed by atoms with Crippen LogP contribution in [0.15, 0.2) is 77.9 Å². The van der Waals surface area contributed by atoms with E-state index in [1.165, 1.54) is 0 Å². The van der Waals surface area contributed by atoms with E-state index in [9.17, 15) is 4.79 Å². The predicted octanol–water partition coefficient (Wildman–Crippen LogP) is 4.21. The summed E-state index contributed by atoms with van der Waals surface area (Å²) in [5, 5.41) is 13.6. The smallest absolute Gasteiger partial charge is 0.259 e. The number of fused-ring (bicyclic) bond motifs is 1. The molecule has 0 bridgehead atoms. The number of benzene rings is 2. The van der Waals surface area contributed by atoms with Crippen LogP contribution in [-0.2, 0) is 0 Å². The first-order valence-electron chi connectivity index (χ1n) is 8.09. The van der Waals surface area contributed by atoms with E-state index in [0.29, 0.717) is 16.8 Å². The molecule has 0 atom stereocenters. The minimum Gasteiger partial charge on any atom is -0.340 e. The SMILES string of the molecule is N#Cc1cccc(-c2cnc(Nc3ccccc3)c3c(=O)[nH]ccc23)c1. The molecule has 2 N–H and O–H groups in total. The average molecular weight is 338 g/mol. The maximum atomic E-state index is 12.5. The van der Waals surface area contributed by atoms with Crippen LogP contribution < -0.4 is 10.9 Å². The van der Waals surface area contributed by atoms with Gasteiger partial charge in [-0.25, -0.2) is 4.98 Å². The minimum atomic E-state index is -0.216. The average Bonchev–Trinajstić information content (AvgIpc) is 2.69. The molecule has 0 saturated carbocycles. The summed E-state index contributed by atoms with van der Waals surface area (Å²) in [6, 6.07) is 20.8. The molecule has 124 valence electrons. The van der Waals surface area contributed by atoms with Crippen molar-refractivity contribution in [3.8, 4) is 17.2 Å². The number of rotatable bonds is 3.